The van der Waals surface area contributed by atoms with Crippen LogP contribution in [0, 0.1) is 6.07 Å². The molecule has 1 radical (unpaired) electrons. The number of carbonyl (C=O) groups excluding carboxylic acids is 1. The topological polar surface area (TPSA) is 38.3 Å². The van der Waals surface area contributed by atoms with E-state index in [9.17, 15) is 4.79 Å². The fraction of sp³-hybridized carbons (Fsp3) is 0.222. The Bertz CT molecular complexity index is 246. The van der Waals surface area contributed by atoms with Crippen molar-refractivity contribution >= 4 is 11.6 Å². The quantitative estimate of drug-likeness (QED) is 0.725. The molecule has 1 rings (SSSR count). The van der Waals surface area contributed by atoms with Crippen molar-refractivity contribution in [3.8, 4) is 0 Å². The predicted molar refractivity (Wildman–Crippen MR) is 45.8 cm³/mol. The summed E-state index contributed by atoms with van der Waals surface area (Å²) in [5, 5.41) is 2.65. The van der Waals surface area contributed by atoms with Crippen LogP contribution in [-0.2, 0) is 9.53 Å². The minimum atomic E-state index is -0.155. The van der Waals surface area contributed by atoms with Crippen molar-refractivity contribution < 1.29 is 9.53 Å². The van der Waals surface area contributed by atoms with Gasteiger partial charge in [-0.15, -0.1) is 0 Å². The third kappa shape index (κ3) is 2.72. The highest BCUT2D eigenvalue weighted by Gasteiger charge is 1.98. The number of carbonyl (C=O) groups is 1. The lowest BCUT2D eigenvalue weighted by molar-refractivity contribution is -0.119. The van der Waals surface area contributed by atoms with Gasteiger partial charge in [0.2, 0.25) is 5.91 Å². The van der Waals surface area contributed by atoms with Crippen LogP contribution in [0.1, 0.15) is 0 Å². The van der Waals surface area contributed by atoms with Crippen LogP contribution in [0.5, 0.6) is 0 Å². The Balaban J connectivity index is 2.47. The van der Waals surface area contributed by atoms with Crippen LogP contribution in [0.3, 0.4) is 0 Å². The third-order valence-corrected chi connectivity index (χ3v) is 1.27. The van der Waals surface area contributed by atoms with Gasteiger partial charge < -0.3 is 10.1 Å². The number of ether oxygens (including phenoxy) is 1. The van der Waals surface area contributed by atoms with Crippen LogP contribution in [-0.4, -0.2) is 19.6 Å². The van der Waals surface area contributed by atoms with Gasteiger partial charge in [-0.3, -0.25) is 4.79 Å². The highest BCUT2D eigenvalue weighted by molar-refractivity contribution is 5.91. The maximum Gasteiger partial charge on any atom is 0.250 e. The van der Waals surface area contributed by atoms with Gasteiger partial charge in [0.15, 0.2) is 0 Å². The standard InChI is InChI=1S/C9H10NO2/c1-12-7-9(11)10-8-5-3-2-4-6-8/h2-3,5-6H,7H2,1H3,(H,10,11). The van der Waals surface area contributed by atoms with Gasteiger partial charge in [-0.1, -0.05) is 12.1 Å². The lowest BCUT2D eigenvalue weighted by atomic mass is 10.3. The lowest BCUT2D eigenvalue weighted by Gasteiger charge is -2.02. The molecule has 63 valence electrons. The van der Waals surface area contributed by atoms with E-state index in [0.29, 0.717) is 0 Å². The van der Waals surface area contributed by atoms with E-state index in [1.54, 1.807) is 18.2 Å². The number of amides is 1. The number of hydrogen-bond acceptors (Lipinski definition) is 2. The average molecular weight is 164 g/mol. The van der Waals surface area contributed by atoms with E-state index in [2.05, 4.69) is 16.1 Å². The van der Waals surface area contributed by atoms with Crippen LogP contribution in [0.2, 0.25) is 0 Å². The van der Waals surface area contributed by atoms with Crippen LogP contribution in [0.4, 0.5) is 5.69 Å². The molecule has 0 fully saturated rings. The zero-order valence-corrected chi connectivity index (χ0v) is 6.83. The fourth-order valence-corrected chi connectivity index (χ4v) is 0.799. The number of hydrogen-bond donors (Lipinski definition) is 1. The van der Waals surface area contributed by atoms with Gasteiger partial charge in [0.05, 0.1) is 0 Å². The monoisotopic (exact) mass is 164 g/mol. The largest absolute Gasteiger partial charge is 0.375 e. The van der Waals surface area contributed by atoms with E-state index in [1.807, 2.05) is 6.07 Å². The smallest absolute Gasteiger partial charge is 0.250 e. The summed E-state index contributed by atoms with van der Waals surface area (Å²) in [6.45, 7) is 0.0783. The van der Waals surface area contributed by atoms with Gasteiger partial charge in [0.1, 0.15) is 6.61 Å². The van der Waals surface area contributed by atoms with Crippen molar-refractivity contribution in [3.63, 3.8) is 0 Å². The third-order valence-electron chi connectivity index (χ3n) is 1.27. The number of anilines is 1. The van der Waals surface area contributed by atoms with E-state index < -0.39 is 0 Å². The molecule has 0 aromatic heterocycles. The van der Waals surface area contributed by atoms with Crippen molar-refractivity contribution in [1.29, 1.82) is 0 Å². The minimum absolute atomic E-state index is 0.0783. The van der Waals surface area contributed by atoms with E-state index >= 15 is 0 Å². The van der Waals surface area contributed by atoms with Crippen molar-refractivity contribution in [2.45, 2.75) is 0 Å². The second-order valence-corrected chi connectivity index (χ2v) is 2.27. The second kappa shape index (κ2) is 4.51. The van der Waals surface area contributed by atoms with E-state index in [4.69, 9.17) is 0 Å². The number of methoxy groups -OCH3 is 1. The van der Waals surface area contributed by atoms with Gasteiger partial charge >= 0.3 is 0 Å². The van der Waals surface area contributed by atoms with Crippen molar-refractivity contribution in [2.24, 2.45) is 0 Å². The Labute approximate surface area is 71.4 Å². The van der Waals surface area contributed by atoms with Crippen molar-refractivity contribution in [1.82, 2.24) is 0 Å². The second-order valence-electron chi connectivity index (χ2n) is 2.27. The minimum Gasteiger partial charge on any atom is -0.375 e. The number of rotatable bonds is 3. The Morgan fingerprint density at radius 3 is 3.17 bits per heavy atom. The Kier molecular flexibility index (Phi) is 3.29. The highest BCUT2D eigenvalue weighted by atomic mass is 16.5. The van der Waals surface area contributed by atoms with Gasteiger partial charge in [-0.25, -0.2) is 0 Å². The summed E-state index contributed by atoms with van der Waals surface area (Å²) in [6, 6.07) is 9.93. The molecule has 0 unspecified atom stereocenters. The molecule has 0 aliphatic carbocycles. The summed E-state index contributed by atoms with van der Waals surface area (Å²) in [5.74, 6) is -0.155. The van der Waals surface area contributed by atoms with Crippen LogP contribution in [0.25, 0.3) is 0 Å². The Morgan fingerprint density at radius 1 is 1.75 bits per heavy atom. The van der Waals surface area contributed by atoms with Gasteiger partial charge in [0, 0.05) is 12.8 Å². The van der Waals surface area contributed by atoms with E-state index in [0.717, 1.165) is 5.69 Å². The maximum absolute atomic E-state index is 11.0. The molecule has 0 aliphatic rings. The Hall–Kier alpha value is -1.35. The molecule has 0 spiro atoms. The van der Waals surface area contributed by atoms with Crippen molar-refractivity contribution in [2.75, 3.05) is 19.0 Å². The number of nitrogens with one attached hydrogen (secondary N) is 1. The first-order valence-corrected chi connectivity index (χ1v) is 3.58. The zero-order chi connectivity index (χ0) is 8.81. The van der Waals surface area contributed by atoms with Crippen molar-refractivity contribution in [3.05, 3.63) is 30.3 Å². The summed E-state index contributed by atoms with van der Waals surface area (Å²) < 4.78 is 4.65. The normalized spacial score (nSPS) is 9.42. The molecule has 12 heavy (non-hydrogen) atoms. The van der Waals surface area contributed by atoms with Gasteiger partial charge in [-0.05, 0) is 18.2 Å². The molecule has 1 aromatic carbocycles. The summed E-state index contributed by atoms with van der Waals surface area (Å²) in [4.78, 5) is 11.0. The molecule has 1 N–H and O–H groups in total. The summed E-state index contributed by atoms with van der Waals surface area (Å²) >= 11 is 0. The molecular formula is C9H10NO2. The van der Waals surface area contributed by atoms with Crippen LogP contribution < -0.4 is 5.32 Å². The van der Waals surface area contributed by atoms with E-state index in [1.165, 1.54) is 7.11 Å². The molecule has 0 atom stereocenters. The molecule has 0 saturated carbocycles. The molecule has 1 amide bonds. The first kappa shape index (κ1) is 8.74. The molecule has 0 saturated heterocycles. The average Bonchev–Trinajstić information content (AvgIpc) is 2.06. The summed E-state index contributed by atoms with van der Waals surface area (Å²) in [7, 11) is 1.48. The molecule has 3 heteroatoms. The fourth-order valence-electron chi connectivity index (χ4n) is 0.799. The van der Waals surface area contributed by atoms with Gasteiger partial charge in [-0.2, -0.15) is 0 Å². The SMILES string of the molecule is COCC(=O)Nc1c[c]ccc1. The summed E-state index contributed by atoms with van der Waals surface area (Å²) in [5.41, 5.74) is 0.736. The maximum atomic E-state index is 11.0. The predicted octanol–water partition coefficient (Wildman–Crippen LogP) is 1.07. The first-order valence-electron chi connectivity index (χ1n) is 3.58. The zero-order valence-electron chi connectivity index (χ0n) is 6.83. The molecule has 0 heterocycles. The molecular weight excluding hydrogens is 154 g/mol. The molecule has 0 aliphatic heterocycles. The Morgan fingerprint density at radius 2 is 2.58 bits per heavy atom. The van der Waals surface area contributed by atoms with E-state index in [-0.39, 0.29) is 12.5 Å². The lowest BCUT2D eigenvalue weighted by Crippen LogP contribution is -2.16. The van der Waals surface area contributed by atoms with Crippen LogP contribution >= 0.6 is 0 Å². The number of benzene rings is 1. The molecule has 1 aromatic rings. The summed E-state index contributed by atoms with van der Waals surface area (Å²) in [6.07, 6.45) is 0. The van der Waals surface area contributed by atoms with Gasteiger partial charge in [0.25, 0.3) is 0 Å². The van der Waals surface area contributed by atoms with Crippen LogP contribution in [0.15, 0.2) is 24.3 Å². The first-order chi connectivity index (χ1) is 5.83. The molecule has 0 bridgehead atoms. The highest BCUT2D eigenvalue weighted by Crippen LogP contribution is 2.03. The molecule has 3 nitrogen and oxygen atoms in total.